The second-order valence-electron chi connectivity index (χ2n) is 8.86. The molecule has 1 unspecified atom stereocenters. The second-order valence-corrected chi connectivity index (χ2v) is 8.86. The van der Waals surface area contributed by atoms with Crippen LogP contribution in [0.1, 0.15) is 43.1 Å². The number of methoxy groups -OCH3 is 2. The highest BCUT2D eigenvalue weighted by atomic mass is 16.5. The van der Waals surface area contributed by atoms with Gasteiger partial charge >= 0.3 is 0 Å². The van der Waals surface area contributed by atoms with Crippen molar-refractivity contribution in [2.45, 2.75) is 39.2 Å². The fraction of sp³-hybridized carbons (Fsp3) is 0.360. The van der Waals surface area contributed by atoms with Gasteiger partial charge < -0.3 is 14.8 Å². The van der Waals surface area contributed by atoms with Crippen LogP contribution in [0.5, 0.6) is 11.5 Å². The Morgan fingerprint density at radius 3 is 2.59 bits per heavy atom. The Hall–Kier alpha value is -3.48. The lowest BCUT2D eigenvalue weighted by Gasteiger charge is -2.36. The molecule has 7 heteroatoms. The number of hydrogen-bond donors (Lipinski definition) is 1. The molecule has 4 rings (SSSR count). The summed E-state index contributed by atoms with van der Waals surface area (Å²) in [6.45, 7) is 4.41. The van der Waals surface area contributed by atoms with Gasteiger partial charge in [0.15, 0.2) is 17.3 Å². The van der Waals surface area contributed by atoms with Gasteiger partial charge in [-0.15, -0.1) is 0 Å². The number of amides is 1. The summed E-state index contributed by atoms with van der Waals surface area (Å²) in [4.78, 5) is 26.4. The first kappa shape index (κ1) is 21.7. The zero-order valence-corrected chi connectivity index (χ0v) is 18.9. The number of pyridine rings is 1. The molecule has 1 atom stereocenters. The Labute approximate surface area is 188 Å². The van der Waals surface area contributed by atoms with Gasteiger partial charge in [0, 0.05) is 29.7 Å². The van der Waals surface area contributed by atoms with E-state index in [1.807, 2.05) is 36.5 Å². The van der Waals surface area contributed by atoms with Gasteiger partial charge in [0.2, 0.25) is 5.91 Å². The smallest absolute Gasteiger partial charge is 0.224 e. The molecule has 0 saturated heterocycles. The zero-order valence-electron chi connectivity index (χ0n) is 18.9. The van der Waals surface area contributed by atoms with Crippen LogP contribution >= 0.6 is 0 Å². The molecule has 0 radical (unpaired) electrons. The van der Waals surface area contributed by atoms with Crippen molar-refractivity contribution in [3.05, 3.63) is 65.7 Å². The van der Waals surface area contributed by atoms with Gasteiger partial charge in [0.05, 0.1) is 32.4 Å². The molecule has 2 heterocycles. The molecule has 0 aliphatic heterocycles. The topological polar surface area (TPSA) is 86.2 Å². The van der Waals surface area contributed by atoms with E-state index in [0.717, 1.165) is 35.2 Å². The molecule has 166 valence electrons. The van der Waals surface area contributed by atoms with Crippen LogP contribution in [-0.2, 0) is 17.6 Å². The number of benzene rings is 1. The van der Waals surface area contributed by atoms with Crippen LogP contribution in [0.3, 0.4) is 0 Å². The lowest BCUT2D eigenvalue weighted by atomic mass is 9.74. The van der Waals surface area contributed by atoms with Crippen molar-refractivity contribution in [3.8, 4) is 22.9 Å². The normalized spacial score (nSPS) is 16.7. The molecule has 0 spiro atoms. The molecule has 1 aromatic carbocycles. The first-order chi connectivity index (χ1) is 15.4. The summed E-state index contributed by atoms with van der Waals surface area (Å²) in [7, 11) is 3.18. The van der Waals surface area contributed by atoms with Gasteiger partial charge in [-0.2, -0.15) is 0 Å². The predicted octanol–water partition coefficient (Wildman–Crippen LogP) is 3.93. The number of carbonyl (C=O) groups is 1. The Morgan fingerprint density at radius 1 is 1.12 bits per heavy atom. The predicted molar refractivity (Wildman–Crippen MR) is 121 cm³/mol. The van der Waals surface area contributed by atoms with Crippen molar-refractivity contribution in [1.29, 1.82) is 0 Å². The number of carbonyl (C=O) groups excluding carboxylic acids is 1. The van der Waals surface area contributed by atoms with Crippen LogP contribution in [-0.4, -0.2) is 35.1 Å². The van der Waals surface area contributed by atoms with Gasteiger partial charge in [-0.3, -0.25) is 9.78 Å². The minimum absolute atomic E-state index is 0.0121. The molecule has 0 saturated carbocycles. The third-order valence-electron chi connectivity index (χ3n) is 5.76. The van der Waals surface area contributed by atoms with Crippen molar-refractivity contribution >= 4 is 5.91 Å². The summed E-state index contributed by atoms with van der Waals surface area (Å²) in [6, 6.07) is 9.20. The van der Waals surface area contributed by atoms with Crippen molar-refractivity contribution < 1.29 is 14.3 Å². The highest BCUT2D eigenvalue weighted by Crippen LogP contribution is 2.40. The monoisotopic (exact) mass is 432 g/mol. The van der Waals surface area contributed by atoms with Crippen LogP contribution in [0, 0.1) is 5.41 Å². The molecule has 0 bridgehead atoms. The fourth-order valence-corrected chi connectivity index (χ4v) is 4.24. The number of nitrogens with zero attached hydrogens (tertiary/aromatic N) is 3. The maximum atomic E-state index is 12.9. The van der Waals surface area contributed by atoms with E-state index in [2.05, 4.69) is 29.1 Å². The molecule has 0 fully saturated rings. The van der Waals surface area contributed by atoms with Gasteiger partial charge in [0.1, 0.15) is 0 Å². The molecule has 1 N–H and O–H groups in total. The molecule has 1 amide bonds. The average molecular weight is 433 g/mol. The van der Waals surface area contributed by atoms with Gasteiger partial charge in [-0.25, -0.2) is 9.97 Å². The van der Waals surface area contributed by atoms with Crippen molar-refractivity contribution in [1.82, 2.24) is 20.3 Å². The summed E-state index contributed by atoms with van der Waals surface area (Å²) in [6.07, 6.45) is 7.25. The van der Waals surface area contributed by atoms with Crippen molar-refractivity contribution in [3.63, 3.8) is 0 Å². The van der Waals surface area contributed by atoms with Crippen molar-refractivity contribution in [2.75, 3.05) is 14.2 Å². The SMILES string of the molecule is COc1ccc(CC(=O)NC2CC(C)(C)Cc3nc(-c4ccncc4)ncc32)cc1OC. The van der Waals surface area contributed by atoms with E-state index < -0.39 is 0 Å². The lowest BCUT2D eigenvalue weighted by molar-refractivity contribution is -0.121. The number of rotatable bonds is 6. The fourth-order valence-electron chi connectivity index (χ4n) is 4.24. The quantitative estimate of drug-likeness (QED) is 0.635. The van der Waals surface area contributed by atoms with E-state index in [4.69, 9.17) is 14.5 Å². The molecular formula is C25H28N4O3. The van der Waals surface area contributed by atoms with E-state index in [0.29, 0.717) is 17.3 Å². The van der Waals surface area contributed by atoms with Gasteiger partial charge in [-0.1, -0.05) is 19.9 Å². The molecule has 1 aliphatic rings. The number of aromatic nitrogens is 3. The van der Waals surface area contributed by atoms with Gasteiger partial charge in [0.25, 0.3) is 0 Å². The zero-order chi connectivity index (χ0) is 22.7. The Bertz CT molecular complexity index is 1120. The summed E-state index contributed by atoms with van der Waals surface area (Å²) in [5.74, 6) is 1.88. The Morgan fingerprint density at radius 2 is 1.88 bits per heavy atom. The number of nitrogens with one attached hydrogen (secondary N) is 1. The minimum Gasteiger partial charge on any atom is -0.493 e. The van der Waals surface area contributed by atoms with Gasteiger partial charge in [-0.05, 0) is 48.1 Å². The number of ether oxygens (including phenoxy) is 2. The molecule has 1 aliphatic carbocycles. The van der Waals surface area contributed by atoms with E-state index in [1.165, 1.54) is 0 Å². The summed E-state index contributed by atoms with van der Waals surface area (Å²) < 4.78 is 10.6. The third kappa shape index (κ3) is 4.72. The summed E-state index contributed by atoms with van der Waals surface area (Å²) in [5.41, 5.74) is 3.78. The van der Waals surface area contributed by atoms with Crippen molar-refractivity contribution in [2.24, 2.45) is 5.41 Å². The number of hydrogen-bond acceptors (Lipinski definition) is 6. The maximum Gasteiger partial charge on any atom is 0.224 e. The Kier molecular flexibility index (Phi) is 6.08. The average Bonchev–Trinajstić information content (AvgIpc) is 2.78. The van der Waals surface area contributed by atoms with Crippen LogP contribution in [0.25, 0.3) is 11.4 Å². The van der Waals surface area contributed by atoms with Crippen LogP contribution in [0.15, 0.2) is 48.9 Å². The minimum atomic E-state index is -0.132. The van der Waals surface area contributed by atoms with E-state index in [-0.39, 0.29) is 23.8 Å². The molecule has 7 nitrogen and oxygen atoms in total. The van der Waals surface area contributed by atoms with E-state index in [9.17, 15) is 4.79 Å². The molecular weight excluding hydrogens is 404 g/mol. The molecule has 2 aromatic heterocycles. The third-order valence-corrected chi connectivity index (χ3v) is 5.76. The lowest BCUT2D eigenvalue weighted by Crippen LogP contribution is -2.37. The highest BCUT2D eigenvalue weighted by Gasteiger charge is 2.34. The first-order valence-corrected chi connectivity index (χ1v) is 10.6. The molecule has 32 heavy (non-hydrogen) atoms. The van der Waals surface area contributed by atoms with Crippen LogP contribution in [0.2, 0.25) is 0 Å². The van der Waals surface area contributed by atoms with Crippen LogP contribution in [0.4, 0.5) is 0 Å². The maximum absolute atomic E-state index is 12.9. The summed E-state index contributed by atoms with van der Waals surface area (Å²) in [5, 5.41) is 3.20. The first-order valence-electron chi connectivity index (χ1n) is 10.6. The highest BCUT2D eigenvalue weighted by molar-refractivity contribution is 5.79. The van der Waals surface area contributed by atoms with E-state index >= 15 is 0 Å². The Balaban J connectivity index is 1.55. The summed E-state index contributed by atoms with van der Waals surface area (Å²) >= 11 is 0. The second kappa shape index (κ2) is 8.94. The standard InChI is InChI=1S/C25H28N4O3/c1-25(2)13-19(28-23(30)12-16-5-6-21(31-3)22(11-16)32-4)18-15-27-24(29-20(18)14-25)17-7-9-26-10-8-17/h5-11,15,19H,12-14H2,1-4H3,(H,28,30). The molecule has 3 aromatic rings. The largest absolute Gasteiger partial charge is 0.493 e. The van der Waals surface area contributed by atoms with Crippen LogP contribution < -0.4 is 14.8 Å². The van der Waals surface area contributed by atoms with E-state index in [1.54, 1.807) is 26.6 Å². The number of fused-ring (bicyclic) bond motifs is 1.